The fraction of sp³-hybridized carbons (Fsp3) is 0.442. The van der Waals surface area contributed by atoms with Gasteiger partial charge < -0.3 is 48.1 Å². The quantitative estimate of drug-likeness (QED) is 0.0893. The van der Waals surface area contributed by atoms with Gasteiger partial charge in [0.05, 0.1) is 53.0 Å². The zero-order chi connectivity index (χ0) is 42.0. The van der Waals surface area contributed by atoms with E-state index in [4.69, 9.17) is 48.2 Å². The number of carbonyl (C=O) groups is 1. The second-order valence-electron chi connectivity index (χ2n) is 14.8. The van der Waals surface area contributed by atoms with Crippen molar-refractivity contribution in [3.05, 3.63) is 89.2 Å². The summed E-state index contributed by atoms with van der Waals surface area (Å²) in [5.74, 6) is 3.62. The van der Waals surface area contributed by atoms with Gasteiger partial charge in [-0.15, -0.1) is 5.10 Å². The molecule has 5 rings (SSSR count). The molecule has 312 valence electrons. The first kappa shape index (κ1) is 43.2. The molecule has 0 saturated carbocycles. The molecule has 0 fully saturated rings. The van der Waals surface area contributed by atoms with E-state index in [1.807, 2.05) is 69.0 Å². The number of hydrogen-bond acceptors (Lipinski definition) is 13. The van der Waals surface area contributed by atoms with Crippen molar-refractivity contribution in [2.45, 2.75) is 78.4 Å². The number of carbonyl (C=O) groups excluding carboxylic acids is 1. The number of imidazole rings is 1. The van der Waals surface area contributed by atoms with Crippen LogP contribution in [-0.4, -0.2) is 96.0 Å². The minimum atomic E-state index is -1.12. The Kier molecular flexibility index (Phi) is 14.5. The standard InChI is InChI=1S/C43H56N6O9/c1-11-12-28(2)57-41-45-40(48(26-30-15-19-33(52-7)23-36(30)54-9)27-31-16-20-34(53-8)24-37(31)55-10)39-44-25-35(49(39)46-41)38(50)29-13-17-32(18-14-29)56-22-21-47(6)42(51)58-43(3,4)5/h13-20,23-25,28,38,50H,11-12,21-22,26-27H2,1-10H3/t28-,38?/m0/s1. The maximum absolute atomic E-state index is 12.3. The Balaban J connectivity index is 1.51. The Morgan fingerprint density at radius 1 is 0.862 bits per heavy atom. The van der Waals surface area contributed by atoms with Crippen molar-refractivity contribution in [2.24, 2.45) is 0 Å². The highest BCUT2D eigenvalue weighted by Crippen LogP contribution is 2.34. The van der Waals surface area contributed by atoms with E-state index >= 15 is 0 Å². The number of amides is 1. The summed E-state index contributed by atoms with van der Waals surface area (Å²) in [6.45, 7) is 10.8. The summed E-state index contributed by atoms with van der Waals surface area (Å²) in [5, 5.41) is 16.6. The molecule has 3 aromatic carbocycles. The second-order valence-corrected chi connectivity index (χ2v) is 14.8. The van der Waals surface area contributed by atoms with Crippen LogP contribution < -0.4 is 33.3 Å². The van der Waals surface area contributed by atoms with Crippen molar-refractivity contribution in [3.8, 4) is 34.8 Å². The normalized spacial score (nSPS) is 12.4. The molecule has 0 saturated heterocycles. The van der Waals surface area contributed by atoms with Gasteiger partial charge in [-0.2, -0.15) is 4.98 Å². The highest BCUT2D eigenvalue weighted by molar-refractivity contribution is 5.68. The summed E-state index contributed by atoms with van der Waals surface area (Å²) >= 11 is 0. The average Bonchev–Trinajstić information content (AvgIpc) is 3.63. The van der Waals surface area contributed by atoms with Gasteiger partial charge in [-0.3, -0.25) is 0 Å². The van der Waals surface area contributed by atoms with Gasteiger partial charge in [0.2, 0.25) is 0 Å². The number of nitrogens with zero attached hydrogens (tertiary/aromatic N) is 6. The smallest absolute Gasteiger partial charge is 0.410 e. The van der Waals surface area contributed by atoms with E-state index in [9.17, 15) is 9.90 Å². The van der Waals surface area contributed by atoms with Gasteiger partial charge in [-0.1, -0.05) is 25.5 Å². The molecule has 0 spiro atoms. The van der Waals surface area contributed by atoms with Gasteiger partial charge in [0.1, 0.15) is 47.1 Å². The Bertz CT molecular complexity index is 2060. The van der Waals surface area contributed by atoms with Crippen LogP contribution in [0, 0.1) is 0 Å². The van der Waals surface area contributed by atoms with Crippen molar-refractivity contribution in [3.63, 3.8) is 0 Å². The molecular weight excluding hydrogens is 745 g/mol. The molecule has 2 aromatic heterocycles. The number of ether oxygens (including phenoxy) is 7. The Labute approximate surface area is 340 Å². The third kappa shape index (κ3) is 10.9. The zero-order valence-electron chi connectivity index (χ0n) is 35.1. The van der Waals surface area contributed by atoms with Gasteiger partial charge in [0.25, 0.3) is 0 Å². The van der Waals surface area contributed by atoms with E-state index in [0.717, 1.165) is 24.0 Å². The molecule has 5 aromatic rings. The lowest BCUT2D eigenvalue weighted by Crippen LogP contribution is -2.36. The largest absolute Gasteiger partial charge is 0.497 e. The molecule has 0 bridgehead atoms. The minimum absolute atomic E-state index is 0.128. The fourth-order valence-electron chi connectivity index (χ4n) is 6.19. The number of rotatable bonds is 19. The number of aliphatic hydroxyl groups is 1. The first-order valence-corrected chi connectivity index (χ1v) is 19.2. The van der Waals surface area contributed by atoms with Gasteiger partial charge in [-0.05, 0) is 76.1 Å². The molecule has 0 aliphatic heterocycles. The highest BCUT2D eigenvalue weighted by atomic mass is 16.6. The summed E-state index contributed by atoms with van der Waals surface area (Å²) in [7, 11) is 8.11. The van der Waals surface area contributed by atoms with Crippen LogP contribution in [0.1, 0.15) is 75.9 Å². The van der Waals surface area contributed by atoms with E-state index in [2.05, 4.69) is 6.92 Å². The van der Waals surface area contributed by atoms with Crippen LogP contribution in [0.15, 0.2) is 66.9 Å². The molecule has 58 heavy (non-hydrogen) atoms. The number of benzene rings is 3. The third-order valence-corrected chi connectivity index (χ3v) is 9.24. The number of anilines is 1. The van der Waals surface area contributed by atoms with Gasteiger partial charge in [0.15, 0.2) is 11.5 Å². The van der Waals surface area contributed by atoms with E-state index in [0.29, 0.717) is 71.1 Å². The molecule has 15 heteroatoms. The van der Waals surface area contributed by atoms with Crippen molar-refractivity contribution in [1.29, 1.82) is 0 Å². The van der Waals surface area contributed by atoms with Crippen LogP contribution in [0.2, 0.25) is 0 Å². The molecule has 1 unspecified atom stereocenters. The van der Waals surface area contributed by atoms with E-state index in [1.165, 1.54) is 4.90 Å². The van der Waals surface area contributed by atoms with Crippen molar-refractivity contribution < 1.29 is 43.1 Å². The molecule has 0 radical (unpaired) electrons. The van der Waals surface area contributed by atoms with Crippen molar-refractivity contribution in [2.75, 3.05) is 53.5 Å². The SMILES string of the molecule is CCC[C@H](C)Oc1nc(N(Cc2ccc(OC)cc2OC)Cc2ccc(OC)cc2OC)c2ncc(C(O)c3ccc(OCCN(C)C(=O)OC(C)(C)C)cc3)n2n1. The number of likely N-dealkylation sites (N-methyl/N-ethyl adjacent to an activating group) is 1. The second kappa shape index (κ2) is 19.5. The molecule has 15 nitrogen and oxygen atoms in total. The molecular formula is C43H56N6O9. The van der Waals surface area contributed by atoms with Crippen molar-refractivity contribution in [1.82, 2.24) is 24.5 Å². The molecule has 1 N–H and O–H groups in total. The van der Waals surface area contributed by atoms with Gasteiger partial charge in [0, 0.05) is 43.4 Å². The third-order valence-electron chi connectivity index (χ3n) is 9.24. The lowest BCUT2D eigenvalue weighted by atomic mass is 10.1. The van der Waals surface area contributed by atoms with Crippen LogP contribution in [0.5, 0.6) is 34.8 Å². The molecule has 2 atom stereocenters. The summed E-state index contributed by atoms with van der Waals surface area (Å²) in [4.78, 5) is 25.6. The summed E-state index contributed by atoms with van der Waals surface area (Å²) < 4.78 is 41.8. The summed E-state index contributed by atoms with van der Waals surface area (Å²) in [5.41, 5.74) is 2.53. The molecule has 0 aliphatic carbocycles. The topological polar surface area (TPSA) is 151 Å². The maximum atomic E-state index is 12.3. The number of aromatic nitrogens is 4. The van der Waals surface area contributed by atoms with Crippen LogP contribution in [0.25, 0.3) is 5.65 Å². The summed E-state index contributed by atoms with van der Waals surface area (Å²) in [6.07, 6.45) is 1.56. The average molecular weight is 801 g/mol. The predicted molar refractivity (Wildman–Crippen MR) is 220 cm³/mol. The Morgan fingerprint density at radius 3 is 1.98 bits per heavy atom. The van der Waals surface area contributed by atoms with Gasteiger partial charge in [-0.25, -0.2) is 14.3 Å². The zero-order valence-corrected chi connectivity index (χ0v) is 35.1. The number of hydrogen-bond donors (Lipinski definition) is 1. The predicted octanol–water partition coefficient (Wildman–Crippen LogP) is 7.26. The van der Waals surface area contributed by atoms with E-state index in [1.54, 1.807) is 70.5 Å². The highest BCUT2D eigenvalue weighted by Gasteiger charge is 2.26. The van der Waals surface area contributed by atoms with Crippen molar-refractivity contribution >= 4 is 17.6 Å². The Morgan fingerprint density at radius 2 is 1.45 bits per heavy atom. The number of aliphatic hydroxyl groups excluding tert-OH is 1. The van der Waals surface area contributed by atoms with Crippen LogP contribution >= 0.6 is 0 Å². The van der Waals surface area contributed by atoms with Crippen LogP contribution in [-0.2, 0) is 17.8 Å². The number of fused-ring (bicyclic) bond motifs is 1. The molecule has 2 heterocycles. The molecule has 1 amide bonds. The fourth-order valence-corrected chi connectivity index (χ4v) is 6.19. The van der Waals surface area contributed by atoms with Crippen LogP contribution in [0.4, 0.5) is 10.6 Å². The first-order valence-electron chi connectivity index (χ1n) is 19.2. The minimum Gasteiger partial charge on any atom is -0.497 e. The van der Waals surface area contributed by atoms with Crippen LogP contribution in [0.3, 0.4) is 0 Å². The lowest BCUT2D eigenvalue weighted by Gasteiger charge is -2.27. The van der Waals surface area contributed by atoms with Gasteiger partial charge >= 0.3 is 12.1 Å². The van der Waals surface area contributed by atoms with E-state index in [-0.39, 0.29) is 18.7 Å². The van der Waals surface area contributed by atoms with E-state index < -0.39 is 17.8 Å². The Hall–Kier alpha value is -5.96. The first-order chi connectivity index (χ1) is 27.8. The monoisotopic (exact) mass is 800 g/mol. The summed E-state index contributed by atoms with van der Waals surface area (Å²) in [6, 6.07) is 18.5. The maximum Gasteiger partial charge on any atom is 0.410 e. The number of methoxy groups -OCH3 is 4. The lowest BCUT2D eigenvalue weighted by molar-refractivity contribution is 0.0278. The molecule has 0 aliphatic rings.